The molecule has 1 unspecified atom stereocenters. The first-order chi connectivity index (χ1) is 8.06. The van der Waals surface area contributed by atoms with Gasteiger partial charge < -0.3 is 5.32 Å². The van der Waals surface area contributed by atoms with Gasteiger partial charge in [-0.25, -0.2) is 9.97 Å². The Morgan fingerprint density at radius 3 is 2.59 bits per heavy atom. The van der Waals surface area contributed by atoms with Crippen molar-refractivity contribution in [3.05, 3.63) is 31.7 Å². The number of thiazole rings is 2. The van der Waals surface area contributed by atoms with Crippen LogP contribution in [0.1, 0.15) is 38.4 Å². The highest BCUT2D eigenvalue weighted by molar-refractivity contribution is 7.11. The molecule has 3 nitrogen and oxygen atoms in total. The molecule has 5 heteroatoms. The summed E-state index contributed by atoms with van der Waals surface area (Å²) in [7, 11) is 0. The second-order valence-electron chi connectivity index (χ2n) is 4.14. The highest BCUT2D eigenvalue weighted by Gasteiger charge is 2.12. The van der Waals surface area contributed by atoms with Crippen LogP contribution in [0.2, 0.25) is 0 Å². The predicted octanol–water partition coefficient (Wildman–Crippen LogP) is 3.38. The minimum Gasteiger partial charge on any atom is -0.302 e. The van der Waals surface area contributed by atoms with Gasteiger partial charge in [0.25, 0.3) is 0 Å². The van der Waals surface area contributed by atoms with E-state index >= 15 is 0 Å². The molecular formula is C12H17N3S2. The maximum atomic E-state index is 4.57. The summed E-state index contributed by atoms with van der Waals surface area (Å²) in [5.74, 6) is 0. The predicted molar refractivity (Wildman–Crippen MR) is 73.7 cm³/mol. The van der Waals surface area contributed by atoms with E-state index < -0.39 is 0 Å². The molecule has 0 aliphatic heterocycles. The minimum atomic E-state index is 0.282. The first-order valence-corrected chi connectivity index (χ1v) is 7.28. The second-order valence-corrected chi connectivity index (χ2v) is 6.87. The van der Waals surface area contributed by atoms with Crippen molar-refractivity contribution >= 4 is 22.7 Å². The van der Waals surface area contributed by atoms with Gasteiger partial charge in [-0.15, -0.1) is 22.7 Å². The number of rotatable bonds is 4. The Morgan fingerprint density at radius 1 is 1.29 bits per heavy atom. The van der Waals surface area contributed by atoms with Gasteiger partial charge in [-0.3, -0.25) is 0 Å². The summed E-state index contributed by atoms with van der Waals surface area (Å²) in [6.07, 6.45) is 1.92. The quantitative estimate of drug-likeness (QED) is 0.923. The number of hydrogen-bond donors (Lipinski definition) is 1. The fourth-order valence-corrected chi connectivity index (χ4v) is 3.42. The third-order valence-corrected chi connectivity index (χ3v) is 4.39. The van der Waals surface area contributed by atoms with E-state index in [1.54, 1.807) is 22.7 Å². The SMILES string of the molecule is Cc1cnc(CNC(C)c2nc(C)sc2C)s1. The molecule has 0 aromatic carbocycles. The van der Waals surface area contributed by atoms with Crippen LogP contribution in [-0.2, 0) is 6.54 Å². The van der Waals surface area contributed by atoms with Crippen molar-refractivity contribution in [3.8, 4) is 0 Å². The minimum absolute atomic E-state index is 0.282. The summed E-state index contributed by atoms with van der Waals surface area (Å²) >= 11 is 3.50. The summed E-state index contributed by atoms with van der Waals surface area (Å²) in [6.45, 7) is 9.24. The lowest BCUT2D eigenvalue weighted by Crippen LogP contribution is -2.18. The van der Waals surface area contributed by atoms with Crippen LogP contribution in [0.15, 0.2) is 6.20 Å². The molecule has 0 fully saturated rings. The average molecular weight is 267 g/mol. The van der Waals surface area contributed by atoms with Crippen LogP contribution in [0, 0.1) is 20.8 Å². The van der Waals surface area contributed by atoms with Crippen LogP contribution >= 0.6 is 22.7 Å². The highest BCUT2D eigenvalue weighted by atomic mass is 32.1. The molecule has 0 bridgehead atoms. The number of aryl methyl sites for hydroxylation is 3. The standard InChI is InChI=1S/C12H17N3S2/c1-7-5-14-11(16-7)6-13-8(2)12-9(3)17-10(4)15-12/h5,8,13H,6H2,1-4H3. The zero-order valence-electron chi connectivity index (χ0n) is 10.6. The van der Waals surface area contributed by atoms with E-state index in [1.165, 1.54) is 15.4 Å². The molecule has 0 aliphatic carbocycles. The molecule has 1 N–H and O–H groups in total. The maximum absolute atomic E-state index is 4.57. The molecule has 0 amide bonds. The Bertz CT molecular complexity index is 502. The van der Waals surface area contributed by atoms with E-state index in [0.29, 0.717) is 0 Å². The monoisotopic (exact) mass is 267 g/mol. The van der Waals surface area contributed by atoms with Gasteiger partial charge in [0, 0.05) is 28.5 Å². The van der Waals surface area contributed by atoms with Gasteiger partial charge >= 0.3 is 0 Å². The van der Waals surface area contributed by atoms with Gasteiger partial charge in [0.15, 0.2) is 0 Å². The normalized spacial score (nSPS) is 12.9. The van der Waals surface area contributed by atoms with Crippen molar-refractivity contribution in [2.45, 2.75) is 40.3 Å². The van der Waals surface area contributed by atoms with Gasteiger partial charge in [0.2, 0.25) is 0 Å². The van der Waals surface area contributed by atoms with Crippen LogP contribution < -0.4 is 5.32 Å². The molecule has 2 heterocycles. The van der Waals surface area contributed by atoms with Crippen molar-refractivity contribution in [2.75, 3.05) is 0 Å². The van der Waals surface area contributed by atoms with Crippen LogP contribution in [0.3, 0.4) is 0 Å². The molecule has 0 saturated heterocycles. The van der Waals surface area contributed by atoms with E-state index in [2.05, 4.69) is 43.0 Å². The Balaban J connectivity index is 1.97. The van der Waals surface area contributed by atoms with Crippen molar-refractivity contribution in [1.29, 1.82) is 0 Å². The summed E-state index contributed by atoms with van der Waals surface area (Å²) in [4.78, 5) is 11.5. The number of aromatic nitrogens is 2. The summed E-state index contributed by atoms with van der Waals surface area (Å²) in [5, 5.41) is 5.75. The molecule has 0 saturated carbocycles. The van der Waals surface area contributed by atoms with Gasteiger partial charge in [0.05, 0.1) is 10.7 Å². The lowest BCUT2D eigenvalue weighted by atomic mass is 10.2. The number of hydrogen-bond acceptors (Lipinski definition) is 5. The molecule has 2 aromatic rings. The van der Waals surface area contributed by atoms with E-state index in [9.17, 15) is 0 Å². The maximum Gasteiger partial charge on any atom is 0.107 e. The molecule has 0 spiro atoms. The van der Waals surface area contributed by atoms with Crippen LogP contribution in [0.25, 0.3) is 0 Å². The third-order valence-electron chi connectivity index (χ3n) is 2.58. The largest absolute Gasteiger partial charge is 0.302 e. The van der Waals surface area contributed by atoms with Crippen LogP contribution in [-0.4, -0.2) is 9.97 Å². The van der Waals surface area contributed by atoms with Crippen molar-refractivity contribution in [3.63, 3.8) is 0 Å². The van der Waals surface area contributed by atoms with Gasteiger partial charge in [-0.05, 0) is 27.7 Å². The fourth-order valence-electron chi connectivity index (χ4n) is 1.77. The summed E-state index contributed by atoms with van der Waals surface area (Å²) < 4.78 is 0. The van der Waals surface area contributed by atoms with E-state index in [-0.39, 0.29) is 6.04 Å². The first kappa shape index (κ1) is 12.7. The zero-order chi connectivity index (χ0) is 12.4. The molecule has 2 rings (SSSR count). The number of nitrogens with zero attached hydrogens (tertiary/aromatic N) is 2. The van der Waals surface area contributed by atoms with Crippen LogP contribution in [0.4, 0.5) is 0 Å². The molecule has 2 aromatic heterocycles. The van der Waals surface area contributed by atoms with E-state index in [0.717, 1.165) is 16.6 Å². The average Bonchev–Trinajstić information content (AvgIpc) is 2.81. The molecule has 1 atom stereocenters. The zero-order valence-corrected chi connectivity index (χ0v) is 12.2. The van der Waals surface area contributed by atoms with Crippen LogP contribution in [0.5, 0.6) is 0 Å². The van der Waals surface area contributed by atoms with Gasteiger partial charge in [-0.2, -0.15) is 0 Å². The Morgan fingerprint density at radius 2 is 2.06 bits per heavy atom. The van der Waals surface area contributed by atoms with E-state index in [4.69, 9.17) is 0 Å². The van der Waals surface area contributed by atoms with Gasteiger partial charge in [-0.1, -0.05) is 0 Å². The second kappa shape index (κ2) is 5.25. The van der Waals surface area contributed by atoms with Crippen molar-refractivity contribution in [1.82, 2.24) is 15.3 Å². The third kappa shape index (κ3) is 3.12. The highest BCUT2D eigenvalue weighted by Crippen LogP contribution is 2.23. The summed E-state index contributed by atoms with van der Waals surface area (Å²) in [5.41, 5.74) is 1.17. The molecule has 92 valence electrons. The molecular weight excluding hydrogens is 250 g/mol. The fraction of sp³-hybridized carbons (Fsp3) is 0.500. The van der Waals surface area contributed by atoms with Gasteiger partial charge in [0.1, 0.15) is 5.01 Å². The van der Waals surface area contributed by atoms with E-state index in [1.807, 2.05) is 6.20 Å². The Labute approximate surface area is 110 Å². The first-order valence-electron chi connectivity index (χ1n) is 5.65. The topological polar surface area (TPSA) is 37.8 Å². The smallest absolute Gasteiger partial charge is 0.107 e. The number of nitrogens with one attached hydrogen (secondary N) is 1. The molecule has 17 heavy (non-hydrogen) atoms. The lowest BCUT2D eigenvalue weighted by molar-refractivity contribution is 0.560. The lowest BCUT2D eigenvalue weighted by Gasteiger charge is -2.11. The van der Waals surface area contributed by atoms with Crippen molar-refractivity contribution in [2.24, 2.45) is 0 Å². The Hall–Kier alpha value is -0.780. The summed E-state index contributed by atoms with van der Waals surface area (Å²) in [6, 6.07) is 0.282. The molecule has 0 radical (unpaired) electrons. The Kier molecular flexibility index (Phi) is 3.91. The van der Waals surface area contributed by atoms with Crippen molar-refractivity contribution < 1.29 is 0 Å². The molecule has 0 aliphatic rings.